The summed E-state index contributed by atoms with van der Waals surface area (Å²) in [5.41, 5.74) is 0.474. The number of piperidine rings is 1. The van der Waals surface area contributed by atoms with Crippen molar-refractivity contribution in [2.75, 3.05) is 26.8 Å². The monoisotopic (exact) mass is 532 g/mol. The fourth-order valence-electron chi connectivity index (χ4n) is 5.11. The first-order valence-corrected chi connectivity index (χ1v) is 12.7. The van der Waals surface area contributed by atoms with Crippen LogP contribution < -0.4 is 10.1 Å². The number of ether oxygens (including phenoxy) is 2. The third-order valence-electron chi connectivity index (χ3n) is 7.24. The van der Waals surface area contributed by atoms with Crippen LogP contribution in [-0.2, 0) is 16.1 Å². The lowest BCUT2D eigenvalue weighted by atomic mass is 9.96. The van der Waals surface area contributed by atoms with Gasteiger partial charge in [-0.2, -0.15) is 0 Å². The van der Waals surface area contributed by atoms with Gasteiger partial charge in [0.1, 0.15) is 23.3 Å². The molecule has 1 atom stereocenters. The Morgan fingerprint density at radius 1 is 1.03 bits per heavy atom. The number of nitrogens with one attached hydrogen (secondary N) is 1. The van der Waals surface area contributed by atoms with Crippen LogP contribution in [-0.4, -0.2) is 71.1 Å². The quantitative estimate of drug-likeness (QED) is 0.524. The number of halogens is 1. The van der Waals surface area contributed by atoms with E-state index in [4.69, 9.17) is 9.47 Å². The molecule has 0 saturated carbocycles. The lowest BCUT2D eigenvalue weighted by Crippen LogP contribution is -2.59. The van der Waals surface area contributed by atoms with Crippen LogP contribution in [0, 0.1) is 5.82 Å². The van der Waals surface area contributed by atoms with Gasteiger partial charge in [0, 0.05) is 56.0 Å². The van der Waals surface area contributed by atoms with Crippen molar-refractivity contribution in [3.8, 4) is 5.75 Å². The highest BCUT2D eigenvalue weighted by molar-refractivity contribution is 5.99. The fraction of sp³-hybridized carbons (Fsp3) is 0.310. The molecule has 9 nitrogen and oxygen atoms in total. The average molecular weight is 533 g/mol. The van der Waals surface area contributed by atoms with E-state index in [2.05, 4.69) is 10.3 Å². The van der Waals surface area contributed by atoms with Crippen molar-refractivity contribution in [3.63, 3.8) is 0 Å². The predicted octanol–water partition coefficient (Wildman–Crippen LogP) is 3.02. The molecule has 2 saturated heterocycles. The van der Waals surface area contributed by atoms with Gasteiger partial charge in [-0.3, -0.25) is 24.3 Å². The first-order chi connectivity index (χ1) is 18.9. The topological polar surface area (TPSA) is 101 Å². The first kappa shape index (κ1) is 26.3. The van der Waals surface area contributed by atoms with Gasteiger partial charge in [0.05, 0.1) is 13.7 Å². The Morgan fingerprint density at radius 3 is 2.41 bits per heavy atom. The van der Waals surface area contributed by atoms with Gasteiger partial charge in [0.15, 0.2) is 0 Å². The molecule has 39 heavy (non-hydrogen) atoms. The lowest BCUT2D eigenvalue weighted by Gasteiger charge is -2.44. The largest absolute Gasteiger partial charge is 0.497 e. The number of carbonyl (C=O) groups excluding carboxylic acids is 3. The molecular weight excluding hydrogens is 503 g/mol. The highest BCUT2D eigenvalue weighted by atomic mass is 19.1. The zero-order valence-electron chi connectivity index (χ0n) is 21.5. The number of rotatable bonds is 6. The maximum atomic E-state index is 13.9. The van der Waals surface area contributed by atoms with Crippen LogP contribution in [0.25, 0.3) is 0 Å². The minimum atomic E-state index is -1.06. The Kier molecular flexibility index (Phi) is 7.56. The summed E-state index contributed by atoms with van der Waals surface area (Å²) in [6.07, 6.45) is 3.91. The van der Waals surface area contributed by atoms with Gasteiger partial charge in [0.2, 0.25) is 5.91 Å². The molecule has 2 fully saturated rings. The molecule has 2 aliphatic rings. The minimum absolute atomic E-state index is 0.0297. The summed E-state index contributed by atoms with van der Waals surface area (Å²) in [6, 6.07) is 15.0. The van der Waals surface area contributed by atoms with Crippen LogP contribution in [0.5, 0.6) is 5.75 Å². The predicted molar refractivity (Wildman–Crippen MR) is 139 cm³/mol. The molecule has 1 spiro atoms. The van der Waals surface area contributed by atoms with Gasteiger partial charge in [-0.1, -0.05) is 6.07 Å². The van der Waals surface area contributed by atoms with Gasteiger partial charge in [-0.15, -0.1) is 0 Å². The number of methoxy groups -OCH3 is 1. The van der Waals surface area contributed by atoms with Crippen LogP contribution in [0.2, 0.25) is 0 Å². The number of carbonyl (C=O) groups is 3. The number of hydrogen-bond acceptors (Lipinski definition) is 6. The lowest BCUT2D eigenvalue weighted by molar-refractivity contribution is -0.128. The molecule has 1 aromatic heterocycles. The van der Waals surface area contributed by atoms with Gasteiger partial charge in [0.25, 0.3) is 11.8 Å². The summed E-state index contributed by atoms with van der Waals surface area (Å²) in [5, 5.41) is 2.91. The summed E-state index contributed by atoms with van der Waals surface area (Å²) in [5.74, 6) is -0.838. The highest BCUT2D eigenvalue weighted by Gasteiger charge is 2.54. The van der Waals surface area contributed by atoms with E-state index in [1.165, 1.54) is 23.1 Å². The molecule has 0 aliphatic carbocycles. The summed E-state index contributed by atoms with van der Waals surface area (Å²) < 4.78 is 25.1. The number of benzene rings is 2. The summed E-state index contributed by atoms with van der Waals surface area (Å²) in [4.78, 5) is 47.4. The summed E-state index contributed by atoms with van der Waals surface area (Å²) in [6.45, 7) is 0.882. The van der Waals surface area contributed by atoms with Gasteiger partial charge < -0.3 is 19.7 Å². The Labute approximate surface area is 225 Å². The van der Waals surface area contributed by atoms with E-state index in [9.17, 15) is 18.8 Å². The van der Waals surface area contributed by atoms with E-state index in [1.807, 2.05) is 0 Å². The molecule has 0 bridgehead atoms. The molecule has 2 aromatic carbocycles. The van der Waals surface area contributed by atoms with E-state index >= 15 is 0 Å². The Bertz CT molecular complexity index is 1340. The smallest absolute Gasteiger partial charge is 0.256 e. The van der Waals surface area contributed by atoms with Gasteiger partial charge >= 0.3 is 0 Å². The second-order valence-electron chi connectivity index (χ2n) is 9.55. The van der Waals surface area contributed by atoms with Crippen molar-refractivity contribution < 1.29 is 28.2 Å². The third-order valence-corrected chi connectivity index (χ3v) is 7.24. The second-order valence-corrected chi connectivity index (χ2v) is 9.55. The SMILES string of the molecule is COc1ccc(C(=O)N2C(C(=O)NCc3ccncc3)COC23CCN(C(=O)c2cccc(F)c2)CC3)cc1. The zero-order chi connectivity index (χ0) is 27.4. The number of aromatic nitrogens is 1. The normalized spacial score (nSPS) is 18.2. The molecule has 0 radical (unpaired) electrons. The summed E-state index contributed by atoms with van der Waals surface area (Å²) in [7, 11) is 1.54. The molecule has 3 heterocycles. The maximum absolute atomic E-state index is 13.9. The Morgan fingerprint density at radius 2 is 1.74 bits per heavy atom. The number of nitrogens with zero attached hydrogens (tertiary/aromatic N) is 3. The Balaban J connectivity index is 1.36. The van der Waals surface area contributed by atoms with Crippen molar-refractivity contribution in [2.24, 2.45) is 0 Å². The first-order valence-electron chi connectivity index (χ1n) is 12.7. The van der Waals surface area contributed by atoms with E-state index in [0.717, 1.165) is 5.56 Å². The Hall–Kier alpha value is -4.31. The molecular formula is C29H29FN4O5. The highest BCUT2D eigenvalue weighted by Crippen LogP contribution is 2.39. The second kappa shape index (κ2) is 11.2. The molecule has 3 aromatic rings. The molecule has 1 N–H and O–H groups in total. The van der Waals surface area contributed by atoms with Crippen molar-refractivity contribution in [1.82, 2.24) is 20.1 Å². The molecule has 3 amide bonds. The minimum Gasteiger partial charge on any atom is -0.497 e. The summed E-state index contributed by atoms with van der Waals surface area (Å²) >= 11 is 0. The maximum Gasteiger partial charge on any atom is 0.256 e. The van der Waals surface area contributed by atoms with Crippen LogP contribution in [0.1, 0.15) is 39.1 Å². The van der Waals surface area contributed by atoms with Crippen molar-refractivity contribution >= 4 is 17.7 Å². The van der Waals surface area contributed by atoms with Crippen LogP contribution in [0.3, 0.4) is 0 Å². The average Bonchev–Trinajstić information content (AvgIpc) is 3.34. The van der Waals surface area contributed by atoms with E-state index in [0.29, 0.717) is 24.2 Å². The van der Waals surface area contributed by atoms with Crippen molar-refractivity contribution in [1.29, 1.82) is 0 Å². The number of hydrogen-bond donors (Lipinski definition) is 1. The number of amides is 3. The van der Waals surface area contributed by atoms with Crippen LogP contribution >= 0.6 is 0 Å². The van der Waals surface area contributed by atoms with Gasteiger partial charge in [-0.05, 0) is 60.2 Å². The number of pyridine rings is 1. The molecule has 10 heteroatoms. The van der Waals surface area contributed by atoms with Crippen molar-refractivity contribution in [2.45, 2.75) is 31.2 Å². The van der Waals surface area contributed by atoms with Crippen molar-refractivity contribution in [3.05, 3.63) is 95.6 Å². The van der Waals surface area contributed by atoms with Crippen LogP contribution in [0.4, 0.5) is 4.39 Å². The molecule has 5 rings (SSSR count). The zero-order valence-corrected chi connectivity index (χ0v) is 21.5. The molecule has 202 valence electrons. The number of likely N-dealkylation sites (tertiary alicyclic amines) is 1. The standard InChI is InChI=1S/C29H29FN4O5/c1-38-24-7-5-21(6-8-24)28(37)34-25(26(35)32-18-20-9-13-31-14-10-20)19-39-29(34)11-15-33(16-12-29)27(36)22-3-2-4-23(30)17-22/h2-10,13-14,17,25H,11-12,15-16,18-19H2,1H3,(H,32,35). The van der Waals surface area contributed by atoms with Gasteiger partial charge in [-0.25, -0.2) is 4.39 Å². The fourth-order valence-corrected chi connectivity index (χ4v) is 5.11. The van der Waals surface area contributed by atoms with E-state index < -0.39 is 17.6 Å². The van der Waals surface area contributed by atoms with Crippen LogP contribution in [0.15, 0.2) is 73.1 Å². The van der Waals surface area contributed by atoms with E-state index in [-0.39, 0.29) is 49.5 Å². The molecule has 2 aliphatic heterocycles. The third kappa shape index (κ3) is 5.46. The van der Waals surface area contributed by atoms with E-state index in [1.54, 1.807) is 66.9 Å². The molecule has 1 unspecified atom stereocenters.